The highest BCUT2D eigenvalue weighted by molar-refractivity contribution is 5.96. The van der Waals surface area contributed by atoms with Gasteiger partial charge in [0.05, 0.1) is 6.04 Å². The molecular formula is C18H13NO4. The van der Waals surface area contributed by atoms with Crippen molar-refractivity contribution in [1.82, 2.24) is 5.32 Å². The fourth-order valence-electron chi connectivity index (χ4n) is 2.74. The molecule has 1 aromatic heterocycles. The van der Waals surface area contributed by atoms with E-state index < -0.39 is 11.5 Å². The van der Waals surface area contributed by atoms with Gasteiger partial charge in [0, 0.05) is 10.9 Å². The van der Waals surface area contributed by atoms with E-state index >= 15 is 0 Å². The van der Waals surface area contributed by atoms with Gasteiger partial charge in [-0.15, -0.1) is 0 Å². The Hall–Kier alpha value is -3.08. The molecule has 0 bridgehead atoms. The summed E-state index contributed by atoms with van der Waals surface area (Å²) >= 11 is 0. The zero-order valence-electron chi connectivity index (χ0n) is 12.1. The van der Waals surface area contributed by atoms with Crippen LogP contribution in [0.3, 0.4) is 0 Å². The first kappa shape index (κ1) is 13.6. The van der Waals surface area contributed by atoms with Gasteiger partial charge >= 0.3 is 5.63 Å². The first-order valence-corrected chi connectivity index (χ1v) is 7.28. The van der Waals surface area contributed by atoms with E-state index in [1.54, 1.807) is 24.3 Å². The van der Waals surface area contributed by atoms with E-state index in [-0.39, 0.29) is 11.6 Å². The topological polar surface area (TPSA) is 68.5 Å². The molecule has 1 N–H and O–H groups in total. The SMILES string of the molecule is O=C(NC1COc2ccccc21)c1cc2ccccc2oc1=O. The minimum Gasteiger partial charge on any atom is -0.491 e. The van der Waals surface area contributed by atoms with Crippen molar-refractivity contribution in [2.75, 3.05) is 6.61 Å². The molecule has 0 saturated heterocycles. The number of benzene rings is 2. The van der Waals surface area contributed by atoms with Crippen LogP contribution >= 0.6 is 0 Å². The molecule has 0 aliphatic carbocycles. The molecule has 0 fully saturated rings. The average Bonchev–Trinajstić information content (AvgIpc) is 2.97. The summed E-state index contributed by atoms with van der Waals surface area (Å²) in [7, 11) is 0. The molecule has 3 aromatic rings. The van der Waals surface area contributed by atoms with Crippen LogP contribution in [0.15, 0.2) is 63.8 Å². The number of ether oxygens (including phenoxy) is 1. The lowest BCUT2D eigenvalue weighted by molar-refractivity contribution is 0.0927. The molecule has 0 radical (unpaired) electrons. The predicted octanol–water partition coefficient (Wildman–Crippen LogP) is 2.66. The monoisotopic (exact) mass is 307 g/mol. The zero-order valence-corrected chi connectivity index (χ0v) is 12.1. The fraction of sp³-hybridized carbons (Fsp3) is 0.111. The van der Waals surface area contributed by atoms with Gasteiger partial charge in [-0.25, -0.2) is 4.79 Å². The number of nitrogens with one attached hydrogen (secondary N) is 1. The van der Waals surface area contributed by atoms with Crippen molar-refractivity contribution in [3.63, 3.8) is 0 Å². The van der Waals surface area contributed by atoms with Crippen molar-refractivity contribution in [2.24, 2.45) is 0 Å². The van der Waals surface area contributed by atoms with Crippen molar-refractivity contribution in [1.29, 1.82) is 0 Å². The van der Waals surface area contributed by atoms with Crippen molar-refractivity contribution in [3.05, 3.63) is 76.1 Å². The second-order valence-electron chi connectivity index (χ2n) is 5.36. The Morgan fingerprint density at radius 2 is 1.87 bits per heavy atom. The number of fused-ring (bicyclic) bond motifs is 2. The Morgan fingerprint density at radius 3 is 2.78 bits per heavy atom. The molecule has 0 spiro atoms. The van der Waals surface area contributed by atoms with E-state index in [4.69, 9.17) is 9.15 Å². The van der Waals surface area contributed by atoms with E-state index in [9.17, 15) is 9.59 Å². The van der Waals surface area contributed by atoms with E-state index in [0.29, 0.717) is 17.6 Å². The molecule has 2 heterocycles. The van der Waals surface area contributed by atoms with Crippen LogP contribution in [-0.4, -0.2) is 12.5 Å². The lowest BCUT2D eigenvalue weighted by Gasteiger charge is -2.11. The number of para-hydroxylation sites is 2. The van der Waals surface area contributed by atoms with Crippen LogP contribution in [0.5, 0.6) is 5.75 Å². The fourth-order valence-corrected chi connectivity index (χ4v) is 2.74. The Balaban J connectivity index is 1.65. The standard InChI is InChI=1S/C18H13NO4/c20-17(19-14-10-22-16-8-4-2-6-12(14)16)13-9-11-5-1-3-7-15(11)23-18(13)21/h1-9,14H,10H2,(H,19,20). The maximum absolute atomic E-state index is 12.4. The molecule has 23 heavy (non-hydrogen) atoms. The molecule has 1 amide bonds. The molecule has 0 saturated carbocycles. The largest absolute Gasteiger partial charge is 0.491 e. The Kier molecular flexibility index (Phi) is 3.12. The minimum atomic E-state index is -0.645. The van der Waals surface area contributed by atoms with Crippen LogP contribution in [0.1, 0.15) is 22.0 Å². The predicted molar refractivity (Wildman–Crippen MR) is 84.6 cm³/mol. The molecule has 4 rings (SSSR count). The number of rotatable bonds is 2. The summed E-state index contributed by atoms with van der Waals surface area (Å²) in [6.07, 6.45) is 0. The average molecular weight is 307 g/mol. The lowest BCUT2D eigenvalue weighted by Crippen LogP contribution is -2.32. The van der Waals surface area contributed by atoms with Gasteiger partial charge in [-0.05, 0) is 18.2 Å². The Morgan fingerprint density at radius 1 is 1.09 bits per heavy atom. The van der Waals surface area contributed by atoms with Gasteiger partial charge in [-0.2, -0.15) is 0 Å². The third-order valence-electron chi connectivity index (χ3n) is 3.89. The Labute approximate surface area is 131 Å². The maximum atomic E-state index is 12.4. The Bertz CT molecular complexity index is 960. The molecule has 114 valence electrons. The molecule has 1 aliphatic heterocycles. The van der Waals surface area contributed by atoms with Crippen molar-refractivity contribution >= 4 is 16.9 Å². The third-order valence-corrected chi connectivity index (χ3v) is 3.89. The van der Waals surface area contributed by atoms with Gasteiger partial charge in [0.25, 0.3) is 5.91 Å². The molecule has 1 unspecified atom stereocenters. The van der Waals surface area contributed by atoms with Crippen molar-refractivity contribution in [2.45, 2.75) is 6.04 Å². The first-order chi connectivity index (χ1) is 11.2. The highest BCUT2D eigenvalue weighted by atomic mass is 16.5. The molecule has 1 atom stereocenters. The summed E-state index contributed by atoms with van der Waals surface area (Å²) in [6, 6.07) is 15.9. The van der Waals surface area contributed by atoms with Crippen LogP contribution in [0, 0.1) is 0 Å². The summed E-state index contributed by atoms with van der Waals surface area (Å²) in [5.41, 5.74) is 0.719. The second kappa shape index (κ2) is 5.28. The quantitative estimate of drug-likeness (QED) is 0.739. The number of hydrogen-bond acceptors (Lipinski definition) is 4. The van der Waals surface area contributed by atoms with Gasteiger partial charge < -0.3 is 14.5 Å². The maximum Gasteiger partial charge on any atom is 0.349 e. The second-order valence-corrected chi connectivity index (χ2v) is 5.36. The summed E-state index contributed by atoms with van der Waals surface area (Å²) in [5.74, 6) is 0.290. The number of carbonyl (C=O) groups is 1. The molecule has 1 aliphatic rings. The zero-order chi connectivity index (χ0) is 15.8. The molecular weight excluding hydrogens is 294 g/mol. The number of carbonyl (C=O) groups excluding carboxylic acids is 1. The van der Waals surface area contributed by atoms with Gasteiger partial charge in [-0.3, -0.25) is 4.79 Å². The minimum absolute atomic E-state index is 0.00641. The van der Waals surface area contributed by atoms with Crippen LogP contribution in [0.2, 0.25) is 0 Å². The van der Waals surface area contributed by atoms with Gasteiger partial charge in [0.2, 0.25) is 0 Å². The first-order valence-electron chi connectivity index (χ1n) is 7.28. The van der Waals surface area contributed by atoms with Crippen LogP contribution in [0.25, 0.3) is 11.0 Å². The van der Waals surface area contributed by atoms with E-state index in [0.717, 1.165) is 11.3 Å². The van der Waals surface area contributed by atoms with Crippen LogP contribution in [-0.2, 0) is 0 Å². The van der Waals surface area contributed by atoms with Gasteiger partial charge in [0.1, 0.15) is 23.5 Å². The van der Waals surface area contributed by atoms with E-state index in [1.807, 2.05) is 30.3 Å². The normalized spacial score (nSPS) is 15.9. The third kappa shape index (κ3) is 2.36. The summed E-state index contributed by atoms with van der Waals surface area (Å²) in [6.45, 7) is 0.351. The van der Waals surface area contributed by atoms with Gasteiger partial charge in [-0.1, -0.05) is 36.4 Å². The van der Waals surface area contributed by atoms with Crippen molar-refractivity contribution in [3.8, 4) is 5.75 Å². The number of hydrogen-bond donors (Lipinski definition) is 1. The highest BCUT2D eigenvalue weighted by Crippen LogP contribution is 2.31. The summed E-state index contributed by atoms with van der Waals surface area (Å²) < 4.78 is 10.7. The smallest absolute Gasteiger partial charge is 0.349 e. The number of amides is 1. The highest BCUT2D eigenvalue weighted by Gasteiger charge is 2.26. The molecule has 5 nitrogen and oxygen atoms in total. The van der Waals surface area contributed by atoms with E-state index in [2.05, 4.69) is 5.32 Å². The van der Waals surface area contributed by atoms with E-state index in [1.165, 1.54) is 0 Å². The van der Waals surface area contributed by atoms with Gasteiger partial charge in [0.15, 0.2) is 0 Å². The molecule has 5 heteroatoms. The lowest BCUT2D eigenvalue weighted by atomic mass is 10.1. The van der Waals surface area contributed by atoms with Crippen LogP contribution < -0.4 is 15.7 Å². The summed E-state index contributed by atoms with van der Waals surface area (Å²) in [5, 5.41) is 3.54. The summed E-state index contributed by atoms with van der Waals surface area (Å²) in [4.78, 5) is 24.5. The molecule has 2 aromatic carbocycles. The van der Waals surface area contributed by atoms with Crippen molar-refractivity contribution < 1.29 is 13.9 Å². The van der Waals surface area contributed by atoms with Crippen LogP contribution in [0.4, 0.5) is 0 Å².